The highest BCUT2D eigenvalue weighted by atomic mass is 16.5. The van der Waals surface area contributed by atoms with E-state index in [1.807, 2.05) is 18.2 Å². The molecular formula is C17H19N3O3. The monoisotopic (exact) mass is 313 g/mol. The molecule has 1 aromatic heterocycles. The van der Waals surface area contributed by atoms with E-state index < -0.39 is 0 Å². The fourth-order valence-electron chi connectivity index (χ4n) is 3.04. The first-order valence-electron chi connectivity index (χ1n) is 7.63. The highest BCUT2D eigenvalue weighted by molar-refractivity contribution is 5.90. The van der Waals surface area contributed by atoms with Gasteiger partial charge in [-0.1, -0.05) is 29.4 Å². The normalized spacial score (nSPS) is 16.8. The van der Waals surface area contributed by atoms with Crippen molar-refractivity contribution in [1.29, 1.82) is 0 Å². The molecule has 120 valence electrons. The van der Waals surface area contributed by atoms with Gasteiger partial charge in [-0.2, -0.15) is 0 Å². The summed E-state index contributed by atoms with van der Waals surface area (Å²) in [6.45, 7) is 3.94. The first kappa shape index (κ1) is 15.3. The van der Waals surface area contributed by atoms with Crippen LogP contribution in [0.3, 0.4) is 0 Å². The number of carbonyl (C=O) groups is 2. The molecule has 1 N–H and O–H groups in total. The van der Waals surface area contributed by atoms with Gasteiger partial charge in [0.05, 0.1) is 12.5 Å². The van der Waals surface area contributed by atoms with Gasteiger partial charge in [0.25, 0.3) is 0 Å². The lowest BCUT2D eigenvalue weighted by Crippen LogP contribution is -2.40. The predicted octanol–water partition coefficient (Wildman–Crippen LogP) is 2.46. The molecule has 1 aliphatic heterocycles. The van der Waals surface area contributed by atoms with Gasteiger partial charge in [0.2, 0.25) is 11.8 Å². The van der Waals surface area contributed by atoms with E-state index in [0.29, 0.717) is 18.1 Å². The summed E-state index contributed by atoms with van der Waals surface area (Å²) in [5, 5.41) is 6.48. The van der Waals surface area contributed by atoms with Crippen LogP contribution in [0.15, 0.2) is 34.9 Å². The van der Waals surface area contributed by atoms with Crippen LogP contribution in [0.2, 0.25) is 0 Å². The van der Waals surface area contributed by atoms with Crippen LogP contribution >= 0.6 is 0 Å². The Morgan fingerprint density at radius 1 is 1.39 bits per heavy atom. The van der Waals surface area contributed by atoms with Crippen molar-refractivity contribution in [2.45, 2.75) is 32.7 Å². The third kappa shape index (κ3) is 3.26. The summed E-state index contributed by atoms with van der Waals surface area (Å²) in [4.78, 5) is 26.0. The smallest absolute Gasteiger partial charge is 0.228 e. The molecule has 23 heavy (non-hydrogen) atoms. The van der Waals surface area contributed by atoms with Crippen LogP contribution in [0.1, 0.15) is 36.3 Å². The molecule has 2 aromatic rings. The number of carbonyl (C=O) groups excluding carboxylic acids is 2. The number of amides is 2. The number of aryl methyl sites for hydroxylation is 1. The van der Waals surface area contributed by atoms with Gasteiger partial charge in [-0.25, -0.2) is 0 Å². The van der Waals surface area contributed by atoms with Gasteiger partial charge in [-0.3, -0.25) is 9.59 Å². The molecule has 3 rings (SSSR count). The van der Waals surface area contributed by atoms with Crippen molar-refractivity contribution in [2.75, 3.05) is 11.9 Å². The molecule has 2 amide bonds. The molecule has 2 heterocycles. The summed E-state index contributed by atoms with van der Waals surface area (Å²) < 4.78 is 4.94. The molecule has 0 fully saturated rings. The van der Waals surface area contributed by atoms with Gasteiger partial charge in [0, 0.05) is 19.5 Å². The summed E-state index contributed by atoms with van der Waals surface area (Å²) in [6.07, 6.45) is 1.01. The number of rotatable bonds is 3. The van der Waals surface area contributed by atoms with Crippen molar-refractivity contribution in [2.24, 2.45) is 0 Å². The van der Waals surface area contributed by atoms with E-state index in [4.69, 9.17) is 4.52 Å². The van der Waals surface area contributed by atoms with Crippen molar-refractivity contribution >= 4 is 17.6 Å². The number of hydrogen-bond acceptors (Lipinski definition) is 4. The fourth-order valence-corrected chi connectivity index (χ4v) is 3.04. The highest BCUT2D eigenvalue weighted by Crippen LogP contribution is 2.32. The maximum atomic E-state index is 12.3. The number of aromatic nitrogens is 1. The van der Waals surface area contributed by atoms with Gasteiger partial charge in [0.1, 0.15) is 5.76 Å². The molecule has 1 atom stereocenters. The second-order valence-electron chi connectivity index (χ2n) is 5.75. The molecule has 1 aromatic carbocycles. The van der Waals surface area contributed by atoms with E-state index >= 15 is 0 Å². The van der Waals surface area contributed by atoms with Gasteiger partial charge >= 0.3 is 0 Å². The molecule has 1 aliphatic rings. The molecule has 0 saturated heterocycles. The Bertz CT molecular complexity index is 738. The van der Waals surface area contributed by atoms with Gasteiger partial charge in [0.15, 0.2) is 5.82 Å². The summed E-state index contributed by atoms with van der Waals surface area (Å²) in [7, 11) is 0. The van der Waals surface area contributed by atoms with E-state index in [0.717, 1.165) is 12.0 Å². The zero-order valence-corrected chi connectivity index (χ0v) is 13.2. The minimum atomic E-state index is -0.245. The zero-order valence-electron chi connectivity index (χ0n) is 13.2. The lowest BCUT2D eigenvalue weighted by molar-refractivity contribution is -0.132. The Hall–Kier alpha value is -2.63. The van der Waals surface area contributed by atoms with Crippen LogP contribution in [0.25, 0.3) is 0 Å². The quantitative estimate of drug-likeness (QED) is 0.944. The zero-order chi connectivity index (χ0) is 16.4. The average Bonchev–Trinajstić information content (AvgIpc) is 2.92. The Balaban J connectivity index is 1.80. The third-order valence-corrected chi connectivity index (χ3v) is 4.09. The Morgan fingerprint density at radius 2 is 2.17 bits per heavy atom. The molecule has 0 saturated carbocycles. The van der Waals surface area contributed by atoms with E-state index in [2.05, 4.69) is 16.5 Å². The highest BCUT2D eigenvalue weighted by Gasteiger charge is 2.30. The van der Waals surface area contributed by atoms with E-state index in [9.17, 15) is 9.59 Å². The fraction of sp³-hybridized carbons (Fsp3) is 0.353. The molecule has 0 aliphatic carbocycles. The van der Waals surface area contributed by atoms with Crippen LogP contribution in [0, 0.1) is 6.92 Å². The van der Waals surface area contributed by atoms with Crippen LogP contribution in [-0.4, -0.2) is 28.4 Å². The van der Waals surface area contributed by atoms with Crippen molar-refractivity contribution in [3.05, 3.63) is 47.2 Å². The lowest BCUT2D eigenvalue weighted by atomic mass is 9.90. The van der Waals surface area contributed by atoms with Crippen LogP contribution in [-0.2, 0) is 16.0 Å². The Kier molecular flexibility index (Phi) is 4.14. The van der Waals surface area contributed by atoms with E-state index in [1.54, 1.807) is 24.8 Å². The average molecular weight is 313 g/mol. The third-order valence-electron chi connectivity index (χ3n) is 4.09. The van der Waals surface area contributed by atoms with Crippen molar-refractivity contribution < 1.29 is 14.1 Å². The van der Waals surface area contributed by atoms with Crippen molar-refractivity contribution in [3.8, 4) is 0 Å². The molecule has 6 heteroatoms. The lowest BCUT2D eigenvalue weighted by Gasteiger charge is -2.36. The molecule has 0 radical (unpaired) electrons. The molecule has 0 unspecified atom stereocenters. The Morgan fingerprint density at radius 3 is 2.87 bits per heavy atom. The summed E-state index contributed by atoms with van der Waals surface area (Å²) in [6, 6.07) is 9.38. The van der Waals surface area contributed by atoms with Gasteiger partial charge in [-0.15, -0.1) is 0 Å². The minimum absolute atomic E-state index is 0.0189. The molecule has 6 nitrogen and oxygen atoms in total. The van der Waals surface area contributed by atoms with E-state index in [1.165, 1.54) is 5.56 Å². The van der Waals surface area contributed by atoms with Gasteiger partial charge in [-0.05, 0) is 24.5 Å². The van der Waals surface area contributed by atoms with Crippen molar-refractivity contribution in [1.82, 2.24) is 10.1 Å². The second-order valence-corrected chi connectivity index (χ2v) is 5.75. The van der Waals surface area contributed by atoms with Crippen LogP contribution in [0.5, 0.6) is 0 Å². The predicted molar refractivity (Wildman–Crippen MR) is 84.8 cm³/mol. The number of fused-ring (bicyclic) bond motifs is 1. The second kappa shape index (κ2) is 6.24. The largest absolute Gasteiger partial charge is 0.360 e. The SMILES string of the molecule is CC(=O)N1CCc2ccccc2[C@@H]1CC(=O)Nc1cc(C)on1. The summed E-state index contributed by atoms with van der Waals surface area (Å²) in [5.41, 5.74) is 2.24. The minimum Gasteiger partial charge on any atom is -0.360 e. The summed E-state index contributed by atoms with van der Waals surface area (Å²) in [5.74, 6) is 0.820. The maximum absolute atomic E-state index is 12.3. The molecule has 0 bridgehead atoms. The number of anilines is 1. The number of nitrogens with zero attached hydrogens (tertiary/aromatic N) is 2. The standard InChI is InChI=1S/C17H19N3O3/c1-11-9-16(19-23-11)18-17(22)10-15-14-6-4-3-5-13(14)7-8-20(15)12(2)21/h3-6,9,15H,7-8,10H2,1-2H3,(H,18,19,22)/t15-/m0/s1. The maximum Gasteiger partial charge on any atom is 0.228 e. The van der Waals surface area contributed by atoms with Crippen LogP contribution < -0.4 is 5.32 Å². The Labute approximate surface area is 134 Å². The number of benzene rings is 1. The number of hydrogen-bond donors (Lipinski definition) is 1. The first-order valence-corrected chi connectivity index (χ1v) is 7.63. The topological polar surface area (TPSA) is 75.4 Å². The summed E-state index contributed by atoms with van der Waals surface area (Å²) >= 11 is 0. The first-order chi connectivity index (χ1) is 11.0. The molecule has 0 spiro atoms. The number of nitrogens with one attached hydrogen (secondary N) is 1. The molecular weight excluding hydrogens is 294 g/mol. The van der Waals surface area contributed by atoms with Crippen LogP contribution in [0.4, 0.5) is 5.82 Å². The van der Waals surface area contributed by atoms with E-state index in [-0.39, 0.29) is 24.3 Å². The van der Waals surface area contributed by atoms with Gasteiger partial charge < -0.3 is 14.7 Å². The van der Waals surface area contributed by atoms with Crippen molar-refractivity contribution in [3.63, 3.8) is 0 Å².